The van der Waals surface area contributed by atoms with Crippen molar-refractivity contribution in [2.45, 2.75) is 43.9 Å². The number of aliphatic imine (C=N–C) groups is 1. The summed E-state index contributed by atoms with van der Waals surface area (Å²) in [5.74, 6) is 0.341. The van der Waals surface area contributed by atoms with Crippen LogP contribution in [0.3, 0.4) is 0 Å². The van der Waals surface area contributed by atoms with Crippen molar-refractivity contribution in [2.24, 2.45) is 16.1 Å². The van der Waals surface area contributed by atoms with Crippen LogP contribution < -0.4 is 0 Å². The topological polar surface area (TPSA) is 61.0 Å². The van der Waals surface area contributed by atoms with Gasteiger partial charge in [0.1, 0.15) is 5.84 Å². The molecule has 2 aromatic rings. The van der Waals surface area contributed by atoms with E-state index in [-0.39, 0.29) is 41.9 Å². The summed E-state index contributed by atoms with van der Waals surface area (Å²) in [4.78, 5) is 10.2. The van der Waals surface area contributed by atoms with Crippen LogP contribution in [0.15, 0.2) is 46.5 Å². The first-order valence-electron chi connectivity index (χ1n) is 11.4. The van der Waals surface area contributed by atoms with Gasteiger partial charge in [-0.25, -0.2) is 4.39 Å². The summed E-state index contributed by atoms with van der Waals surface area (Å²) in [5, 5.41) is 10.7. The molecule has 1 saturated heterocycles. The van der Waals surface area contributed by atoms with Crippen LogP contribution in [0.2, 0.25) is 10.0 Å². The van der Waals surface area contributed by atoms with Crippen molar-refractivity contribution in [3.05, 3.63) is 68.7 Å². The van der Waals surface area contributed by atoms with E-state index in [0.717, 1.165) is 0 Å². The quantitative estimate of drug-likeness (QED) is 0.158. The van der Waals surface area contributed by atoms with Gasteiger partial charge in [-0.05, 0) is 23.3 Å². The zero-order valence-corrected chi connectivity index (χ0v) is 21.8. The van der Waals surface area contributed by atoms with Crippen LogP contribution in [0.25, 0.3) is 0 Å². The van der Waals surface area contributed by atoms with Gasteiger partial charge in [0, 0.05) is 17.9 Å². The van der Waals surface area contributed by atoms with Gasteiger partial charge >= 0.3 is 12.4 Å². The smallest absolute Gasteiger partial charge is 0.374 e. The molecule has 1 atom stereocenters. The van der Waals surface area contributed by atoms with Crippen molar-refractivity contribution < 1.29 is 35.6 Å². The molecule has 1 unspecified atom stereocenters. The van der Waals surface area contributed by atoms with E-state index in [4.69, 9.17) is 33.3 Å². The third kappa shape index (κ3) is 5.14. The molecule has 208 valence electrons. The summed E-state index contributed by atoms with van der Waals surface area (Å²) in [7, 11) is 0. The van der Waals surface area contributed by atoms with Crippen molar-refractivity contribution in [3.63, 3.8) is 0 Å². The molecule has 1 fully saturated rings. The van der Waals surface area contributed by atoms with Crippen LogP contribution in [0.4, 0.5) is 30.7 Å². The molecule has 0 N–H and O–H groups in total. The van der Waals surface area contributed by atoms with Crippen molar-refractivity contribution in [1.82, 2.24) is 4.90 Å². The van der Waals surface area contributed by atoms with Crippen LogP contribution in [0.1, 0.15) is 42.5 Å². The van der Waals surface area contributed by atoms with E-state index in [2.05, 4.69) is 10.1 Å². The van der Waals surface area contributed by atoms with Crippen LogP contribution >= 0.6 is 23.2 Å². The fraction of sp³-hybridized carbons (Fsp3) is 0.400. The Morgan fingerprint density at radius 2 is 1.69 bits per heavy atom. The number of hydrogen-bond donors (Lipinski definition) is 0. The van der Waals surface area contributed by atoms with E-state index in [0.29, 0.717) is 11.9 Å². The Hall–Kier alpha value is -3.04. The molecule has 0 bridgehead atoms. The molecule has 14 heteroatoms. The minimum Gasteiger partial charge on any atom is -0.374 e. The molecular formula is C25H19Cl2F7N4O. The highest BCUT2D eigenvalue weighted by Gasteiger charge is 2.63. The summed E-state index contributed by atoms with van der Waals surface area (Å²) < 4.78 is 98.6. The van der Waals surface area contributed by atoms with E-state index in [1.165, 1.54) is 24.3 Å². The van der Waals surface area contributed by atoms with Crippen LogP contribution in [0.5, 0.6) is 0 Å². The number of benzene rings is 2. The molecule has 5 nitrogen and oxygen atoms in total. The molecule has 39 heavy (non-hydrogen) atoms. The van der Waals surface area contributed by atoms with Gasteiger partial charge < -0.3 is 9.74 Å². The Labute approximate surface area is 228 Å². The molecule has 0 saturated carbocycles. The minimum absolute atomic E-state index is 0.0643. The second-order valence-corrected chi connectivity index (χ2v) is 10.4. The maximum Gasteiger partial charge on any atom is 0.435 e. The predicted octanol–water partition coefficient (Wildman–Crippen LogP) is 7.61. The lowest BCUT2D eigenvalue weighted by Gasteiger charge is -2.47. The fourth-order valence-electron chi connectivity index (χ4n) is 4.57. The van der Waals surface area contributed by atoms with Crippen molar-refractivity contribution >= 4 is 34.7 Å². The second kappa shape index (κ2) is 9.86. The summed E-state index contributed by atoms with van der Waals surface area (Å²) in [6.45, 7) is 3.50. The lowest BCUT2D eigenvalue weighted by Crippen LogP contribution is -2.59. The van der Waals surface area contributed by atoms with Gasteiger partial charge in [0.15, 0.2) is 5.67 Å². The third-order valence-corrected chi connectivity index (χ3v) is 7.41. The first-order chi connectivity index (χ1) is 18.0. The molecule has 2 aliphatic heterocycles. The first-order valence-corrected chi connectivity index (χ1v) is 12.2. The molecule has 0 radical (unpaired) electrons. The molecule has 0 amide bonds. The fourth-order valence-corrected chi connectivity index (χ4v) is 5.00. The number of nitriles is 1. The van der Waals surface area contributed by atoms with Gasteiger partial charge in [0.05, 0.1) is 34.4 Å². The molecule has 2 heterocycles. The summed E-state index contributed by atoms with van der Waals surface area (Å²) in [5.41, 5.74) is -7.27. The number of hydrogen-bond acceptors (Lipinski definition) is 4. The average molecular weight is 595 g/mol. The van der Waals surface area contributed by atoms with Crippen LogP contribution in [0, 0.1) is 17.4 Å². The third-order valence-electron chi connectivity index (χ3n) is 6.61. The van der Waals surface area contributed by atoms with Crippen LogP contribution in [-0.2, 0) is 22.3 Å². The second-order valence-electron chi connectivity index (χ2n) is 9.57. The van der Waals surface area contributed by atoms with Crippen LogP contribution in [-0.4, -0.2) is 35.7 Å². The maximum atomic E-state index is 15.5. The van der Waals surface area contributed by atoms with Gasteiger partial charge in [0.25, 0.3) is 5.60 Å². The van der Waals surface area contributed by atoms with Gasteiger partial charge in [-0.15, -0.1) is 0 Å². The lowest BCUT2D eigenvalue weighted by molar-refractivity contribution is -0.276. The maximum absolute atomic E-state index is 15.5. The zero-order valence-electron chi connectivity index (χ0n) is 20.3. The summed E-state index contributed by atoms with van der Waals surface area (Å²) in [6.07, 6.45) is -9.51. The van der Waals surface area contributed by atoms with Crippen molar-refractivity contribution in [3.8, 4) is 6.19 Å². The number of rotatable bonds is 4. The number of nitrogens with zero attached hydrogens (tertiary/aromatic N) is 4. The number of oxime groups is 1. The minimum atomic E-state index is -5.18. The zero-order chi connectivity index (χ0) is 29.0. The molecule has 0 spiro atoms. The van der Waals surface area contributed by atoms with Gasteiger partial charge in [-0.1, -0.05) is 66.5 Å². The highest BCUT2D eigenvalue weighted by Crippen LogP contribution is 2.51. The normalized spacial score (nSPS) is 21.4. The highest BCUT2D eigenvalue weighted by atomic mass is 35.5. The van der Waals surface area contributed by atoms with E-state index in [1.807, 2.05) is 13.8 Å². The number of alkyl halides is 7. The first kappa shape index (κ1) is 29.0. The van der Waals surface area contributed by atoms with Gasteiger partial charge in [-0.3, -0.25) is 0 Å². The van der Waals surface area contributed by atoms with E-state index < -0.39 is 51.2 Å². The van der Waals surface area contributed by atoms with E-state index in [1.54, 1.807) is 11.1 Å². The highest BCUT2D eigenvalue weighted by molar-refractivity contribution is 6.42. The molecule has 4 rings (SSSR count). The summed E-state index contributed by atoms with van der Waals surface area (Å²) >= 11 is 11.4. The Bertz CT molecular complexity index is 1380. The monoisotopic (exact) mass is 594 g/mol. The largest absolute Gasteiger partial charge is 0.435 e. The SMILES string of the molecule is CC(C)C(=NC#N)N1CC(F)(c2ccc(C3=NOC(c4cc(Cl)c(Cl)c(C(F)(F)F)c4)(C(F)(F)F)C3)cc2)C1. The molecular weight excluding hydrogens is 576 g/mol. The standard InChI is InChI=1S/C25H19Cl2F7N4O/c1-13(2)21(36-12-35)38-10-22(28,11-38)15-5-3-14(4-6-15)19-9-23(39-37-19,25(32,33)34)16-7-17(24(29,30)31)20(27)18(26)8-16/h3-8,13H,9-11H2,1-2H3. The Morgan fingerprint density at radius 1 is 1.08 bits per heavy atom. The number of halogens is 9. The number of amidine groups is 1. The van der Waals surface area contributed by atoms with E-state index >= 15 is 4.39 Å². The van der Waals surface area contributed by atoms with Gasteiger partial charge in [0.2, 0.25) is 6.19 Å². The predicted molar refractivity (Wildman–Crippen MR) is 130 cm³/mol. The Kier molecular flexibility index (Phi) is 7.32. The summed E-state index contributed by atoms with van der Waals surface area (Å²) in [6, 6.07) is 6.41. The lowest BCUT2D eigenvalue weighted by atomic mass is 9.84. The Balaban J connectivity index is 1.59. The molecule has 0 aromatic heterocycles. The Morgan fingerprint density at radius 3 is 2.21 bits per heavy atom. The molecule has 2 aliphatic rings. The van der Waals surface area contributed by atoms with E-state index in [9.17, 15) is 26.3 Å². The molecule has 0 aliphatic carbocycles. The van der Waals surface area contributed by atoms with Crippen molar-refractivity contribution in [2.75, 3.05) is 13.1 Å². The van der Waals surface area contributed by atoms with Gasteiger partial charge in [-0.2, -0.15) is 36.6 Å². The number of likely N-dealkylation sites (tertiary alicyclic amines) is 1. The molecule has 2 aromatic carbocycles. The van der Waals surface area contributed by atoms with Crippen molar-refractivity contribution in [1.29, 1.82) is 5.26 Å². The average Bonchev–Trinajstić information content (AvgIpc) is 3.28.